The number of nitrogens with zero attached hydrogens (tertiary/aromatic N) is 4. The van der Waals surface area contributed by atoms with Crippen LogP contribution in [0.3, 0.4) is 0 Å². The van der Waals surface area contributed by atoms with Gasteiger partial charge in [-0.2, -0.15) is 0 Å². The fourth-order valence-corrected chi connectivity index (χ4v) is 3.18. The Bertz CT molecular complexity index is 806. The molecule has 1 aliphatic rings. The number of hydrogen-bond donors (Lipinski definition) is 0. The SMILES string of the molecule is CC(=O)c1nc2cccnc2n1[C@@H]1CCCN(C(=O)OC(C)(C)C)C1. The van der Waals surface area contributed by atoms with E-state index in [1.54, 1.807) is 17.2 Å². The first-order chi connectivity index (χ1) is 11.8. The highest BCUT2D eigenvalue weighted by Gasteiger charge is 2.31. The number of fused-ring (bicyclic) bond motifs is 1. The summed E-state index contributed by atoms with van der Waals surface area (Å²) in [7, 11) is 0. The molecule has 25 heavy (non-hydrogen) atoms. The molecule has 1 saturated heterocycles. The van der Waals surface area contributed by atoms with E-state index in [0.29, 0.717) is 30.1 Å². The van der Waals surface area contributed by atoms with Crippen molar-refractivity contribution in [2.45, 2.75) is 52.2 Å². The van der Waals surface area contributed by atoms with E-state index >= 15 is 0 Å². The average molecular weight is 344 g/mol. The molecular formula is C18H24N4O3. The molecule has 1 atom stereocenters. The van der Waals surface area contributed by atoms with Gasteiger partial charge in [0.05, 0.1) is 6.04 Å². The van der Waals surface area contributed by atoms with Crippen LogP contribution in [0.4, 0.5) is 4.79 Å². The molecule has 3 rings (SSSR count). The van der Waals surface area contributed by atoms with Crippen LogP contribution in [0.1, 0.15) is 57.2 Å². The number of rotatable bonds is 2. The molecular weight excluding hydrogens is 320 g/mol. The molecule has 7 heteroatoms. The number of Topliss-reactive ketones (excluding diaryl/α,β-unsaturated/α-hetero) is 1. The van der Waals surface area contributed by atoms with Gasteiger partial charge < -0.3 is 14.2 Å². The van der Waals surface area contributed by atoms with Crippen molar-refractivity contribution in [2.24, 2.45) is 0 Å². The zero-order valence-electron chi connectivity index (χ0n) is 15.2. The maximum Gasteiger partial charge on any atom is 0.410 e. The summed E-state index contributed by atoms with van der Waals surface area (Å²) in [5.41, 5.74) is 0.850. The van der Waals surface area contributed by atoms with Crippen molar-refractivity contribution in [3.63, 3.8) is 0 Å². The normalized spacial score (nSPS) is 18.4. The van der Waals surface area contributed by atoms with Crippen molar-refractivity contribution >= 4 is 23.0 Å². The largest absolute Gasteiger partial charge is 0.444 e. The lowest BCUT2D eigenvalue weighted by Crippen LogP contribution is -2.43. The minimum atomic E-state index is -0.530. The fraction of sp³-hybridized carbons (Fsp3) is 0.556. The van der Waals surface area contributed by atoms with Gasteiger partial charge in [0.2, 0.25) is 0 Å². The number of amides is 1. The van der Waals surface area contributed by atoms with Gasteiger partial charge in [-0.15, -0.1) is 0 Å². The third-order valence-corrected chi connectivity index (χ3v) is 4.18. The van der Waals surface area contributed by atoms with Crippen molar-refractivity contribution in [2.75, 3.05) is 13.1 Å². The monoisotopic (exact) mass is 344 g/mol. The number of carbonyl (C=O) groups is 2. The summed E-state index contributed by atoms with van der Waals surface area (Å²) < 4.78 is 7.37. The maximum absolute atomic E-state index is 12.4. The van der Waals surface area contributed by atoms with Crippen molar-refractivity contribution < 1.29 is 14.3 Å². The number of aromatic nitrogens is 3. The topological polar surface area (TPSA) is 77.3 Å². The van der Waals surface area contributed by atoms with Gasteiger partial charge in [0.1, 0.15) is 11.1 Å². The summed E-state index contributed by atoms with van der Waals surface area (Å²) in [6.45, 7) is 8.21. The van der Waals surface area contributed by atoms with E-state index in [4.69, 9.17) is 4.74 Å². The Labute approximate surface area is 147 Å². The van der Waals surface area contributed by atoms with E-state index in [0.717, 1.165) is 12.8 Å². The average Bonchev–Trinajstić information content (AvgIpc) is 2.93. The first-order valence-electron chi connectivity index (χ1n) is 8.58. The smallest absolute Gasteiger partial charge is 0.410 e. The van der Waals surface area contributed by atoms with Gasteiger partial charge in [0.15, 0.2) is 17.3 Å². The lowest BCUT2D eigenvalue weighted by molar-refractivity contribution is 0.0173. The molecule has 134 valence electrons. The number of piperidine rings is 1. The van der Waals surface area contributed by atoms with Crippen LogP contribution in [-0.4, -0.2) is 50.0 Å². The molecule has 0 N–H and O–H groups in total. The summed E-state index contributed by atoms with van der Waals surface area (Å²) >= 11 is 0. The standard InChI is InChI=1S/C18H24N4O3/c1-12(23)15-20-14-8-5-9-19-16(14)22(15)13-7-6-10-21(11-13)17(24)25-18(2,3)4/h5,8-9,13H,6-7,10-11H2,1-4H3/t13-/m1/s1. The predicted octanol–water partition coefficient (Wildman–Crippen LogP) is 3.21. The van der Waals surface area contributed by atoms with Gasteiger partial charge >= 0.3 is 6.09 Å². The van der Waals surface area contributed by atoms with Gasteiger partial charge in [-0.25, -0.2) is 14.8 Å². The Morgan fingerprint density at radius 3 is 2.76 bits per heavy atom. The van der Waals surface area contributed by atoms with E-state index < -0.39 is 5.60 Å². The number of carbonyl (C=O) groups excluding carboxylic acids is 2. The molecule has 0 spiro atoms. The molecule has 1 amide bonds. The van der Waals surface area contributed by atoms with Gasteiger partial charge in [-0.3, -0.25) is 4.79 Å². The summed E-state index contributed by atoms with van der Waals surface area (Å²) in [4.78, 5) is 35.0. The predicted molar refractivity (Wildman–Crippen MR) is 93.6 cm³/mol. The summed E-state index contributed by atoms with van der Waals surface area (Å²) in [6.07, 6.45) is 3.08. The number of ketones is 1. The third-order valence-electron chi connectivity index (χ3n) is 4.18. The van der Waals surface area contributed by atoms with Crippen LogP contribution in [-0.2, 0) is 4.74 Å². The van der Waals surface area contributed by atoms with Crippen molar-refractivity contribution in [3.05, 3.63) is 24.2 Å². The van der Waals surface area contributed by atoms with Crippen LogP contribution >= 0.6 is 0 Å². The molecule has 2 aromatic heterocycles. The lowest BCUT2D eigenvalue weighted by Gasteiger charge is -2.35. The molecule has 1 aliphatic heterocycles. The van der Waals surface area contributed by atoms with E-state index in [9.17, 15) is 9.59 Å². The Balaban J connectivity index is 1.91. The van der Waals surface area contributed by atoms with E-state index in [1.165, 1.54) is 6.92 Å². The molecule has 0 unspecified atom stereocenters. The van der Waals surface area contributed by atoms with Crippen molar-refractivity contribution in [1.82, 2.24) is 19.4 Å². The first kappa shape index (κ1) is 17.4. The number of likely N-dealkylation sites (tertiary alicyclic amines) is 1. The number of ether oxygens (including phenoxy) is 1. The van der Waals surface area contributed by atoms with Crippen molar-refractivity contribution in [3.8, 4) is 0 Å². The van der Waals surface area contributed by atoms with Crippen LogP contribution in [0.15, 0.2) is 18.3 Å². The molecule has 2 aromatic rings. The zero-order valence-corrected chi connectivity index (χ0v) is 15.2. The second-order valence-electron chi connectivity index (χ2n) is 7.43. The number of hydrogen-bond acceptors (Lipinski definition) is 5. The number of pyridine rings is 1. The highest BCUT2D eigenvalue weighted by atomic mass is 16.6. The van der Waals surface area contributed by atoms with E-state index in [1.807, 2.05) is 31.4 Å². The minimum absolute atomic E-state index is 0.0416. The zero-order chi connectivity index (χ0) is 18.2. The molecule has 7 nitrogen and oxygen atoms in total. The van der Waals surface area contributed by atoms with Gasteiger partial charge in [-0.05, 0) is 45.7 Å². The first-order valence-corrected chi connectivity index (χ1v) is 8.58. The maximum atomic E-state index is 12.4. The third kappa shape index (κ3) is 3.65. The Hall–Kier alpha value is -2.44. The quantitative estimate of drug-likeness (QED) is 0.782. The van der Waals surface area contributed by atoms with Gasteiger partial charge in [0.25, 0.3) is 0 Å². The second kappa shape index (κ2) is 6.46. The molecule has 1 fully saturated rings. The highest BCUT2D eigenvalue weighted by Crippen LogP contribution is 2.28. The molecule has 0 aliphatic carbocycles. The van der Waals surface area contributed by atoms with Crippen LogP contribution < -0.4 is 0 Å². The van der Waals surface area contributed by atoms with Gasteiger partial charge in [-0.1, -0.05) is 0 Å². The molecule has 0 saturated carbocycles. The molecule has 0 radical (unpaired) electrons. The fourth-order valence-electron chi connectivity index (χ4n) is 3.18. The van der Waals surface area contributed by atoms with Crippen LogP contribution in [0, 0.1) is 0 Å². The summed E-state index contributed by atoms with van der Waals surface area (Å²) in [5.74, 6) is 0.289. The van der Waals surface area contributed by atoms with Crippen LogP contribution in [0.25, 0.3) is 11.2 Å². The molecule has 3 heterocycles. The molecule has 0 bridgehead atoms. The molecule has 0 aromatic carbocycles. The lowest BCUT2D eigenvalue weighted by atomic mass is 10.1. The highest BCUT2D eigenvalue weighted by molar-refractivity contribution is 5.94. The van der Waals surface area contributed by atoms with Crippen LogP contribution in [0.5, 0.6) is 0 Å². The Morgan fingerprint density at radius 2 is 2.08 bits per heavy atom. The Morgan fingerprint density at radius 1 is 1.32 bits per heavy atom. The van der Waals surface area contributed by atoms with Crippen molar-refractivity contribution in [1.29, 1.82) is 0 Å². The summed E-state index contributed by atoms with van der Waals surface area (Å²) in [5, 5.41) is 0. The summed E-state index contributed by atoms with van der Waals surface area (Å²) in [6, 6.07) is 3.61. The van der Waals surface area contributed by atoms with Gasteiger partial charge in [0, 0.05) is 26.2 Å². The second-order valence-corrected chi connectivity index (χ2v) is 7.43. The van der Waals surface area contributed by atoms with E-state index in [-0.39, 0.29) is 17.9 Å². The Kier molecular flexibility index (Phi) is 4.49. The minimum Gasteiger partial charge on any atom is -0.444 e. The number of imidazole rings is 1. The van der Waals surface area contributed by atoms with Crippen LogP contribution in [0.2, 0.25) is 0 Å². The van der Waals surface area contributed by atoms with E-state index in [2.05, 4.69) is 9.97 Å².